The molecule has 0 unspecified atom stereocenters. The minimum Gasteiger partial charge on any atom is -0.504 e. The molecule has 0 saturated carbocycles. The number of carbonyl (C=O) groups is 1. The van der Waals surface area contributed by atoms with E-state index in [9.17, 15) is 9.90 Å². The highest BCUT2D eigenvalue weighted by Gasteiger charge is 2.16. The standard InChI is InChI=1S/C18H21N3O2/c22-16-13-21(15-9-5-2-6-10-15)20-17(16)18(23)19-12-11-14-7-3-1-4-8-14/h2,5-7,9-10,13,22H,1,3-4,8,11-12H2,(H,19,23). The predicted molar refractivity (Wildman–Crippen MR) is 88.7 cm³/mol. The monoisotopic (exact) mass is 311 g/mol. The third-order valence-electron chi connectivity index (χ3n) is 4.05. The summed E-state index contributed by atoms with van der Waals surface area (Å²) in [7, 11) is 0. The van der Waals surface area contributed by atoms with Crippen molar-refractivity contribution in [2.24, 2.45) is 0 Å². The third-order valence-corrected chi connectivity index (χ3v) is 4.05. The van der Waals surface area contributed by atoms with Crippen LogP contribution in [0.5, 0.6) is 5.75 Å². The average Bonchev–Trinajstić information content (AvgIpc) is 2.98. The molecule has 0 fully saturated rings. The summed E-state index contributed by atoms with van der Waals surface area (Å²) in [5, 5.41) is 17.0. The van der Waals surface area contributed by atoms with Gasteiger partial charge in [-0.15, -0.1) is 0 Å². The normalized spacial score (nSPS) is 14.3. The summed E-state index contributed by atoms with van der Waals surface area (Å²) in [5.41, 5.74) is 2.27. The number of carbonyl (C=O) groups excluding carboxylic acids is 1. The lowest BCUT2D eigenvalue weighted by Gasteiger charge is -2.12. The van der Waals surface area contributed by atoms with Gasteiger partial charge in [-0.2, -0.15) is 5.10 Å². The summed E-state index contributed by atoms with van der Waals surface area (Å²) in [6.45, 7) is 0.572. The second-order valence-electron chi connectivity index (χ2n) is 5.76. The zero-order valence-electron chi connectivity index (χ0n) is 13.0. The fourth-order valence-electron chi connectivity index (χ4n) is 2.79. The van der Waals surface area contributed by atoms with Gasteiger partial charge in [0.25, 0.3) is 5.91 Å². The Hall–Kier alpha value is -2.56. The van der Waals surface area contributed by atoms with Crippen LogP contribution in [0.2, 0.25) is 0 Å². The molecular weight excluding hydrogens is 290 g/mol. The maximum atomic E-state index is 12.2. The van der Waals surface area contributed by atoms with Crippen LogP contribution < -0.4 is 5.32 Å². The maximum absolute atomic E-state index is 12.2. The Morgan fingerprint density at radius 2 is 2.09 bits per heavy atom. The van der Waals surface area contributed by atoms with Crippen molar-refractivity contribution >= 4 is 5.91 Å². The molecule has 0 aliphatic heterocycles. The summed E-state index contributed by atoms with van der Waals surface area (Å²) < 4.78 is 1.51. The Morgan fingerprint density at radius 1 is 1.26 bits per heavy atom. The quantitative estimate of drug-likeness (QED) is 0.833. The summed E-state index contributed by atoms with van der Waals surface area (Å²) >= 11 is 0. The Bertz CT molecular complexity index is 704. The smallest absolute Gasteiger partial charge is 0.275 e. The second kappa shape index (κ2) is 7.13. The Kier molecular flexibility index (Phi) is 4.76. The first-order chi connectivity index (χ1) is 11.2. The number of benzene rings is 1. The second-order valence-corrected chi connectivity index (χ2v) is 5.76. The molecule has 0 radical (unpaired) electrons. The highest BCUT2D eigenvalue weighted by molar-refractivity contribution is 5.94. The first kappa shape index (κ1) is 15.3. The van der Waals surface area contributed by atoms with Gasteiger partial charge >= 0.3 is 0 Å². The number of hydrogen-bond acceptors (Lipinski definition) is 3. The van der Waals surface area contributed by atoms with E-state index in [4.69, 9.17) is 0 Å². The van der Waals surface area contributed by atoms with Crippen LogP contribution in [-0.2, 0) is 0 Å². The van der Waals surface area contributed by atoms with Gasteiger partial charge in [-0.3, -0.25) is 4.79 Å². The highest BCUT2D eigenvalue weighted by atomic mass is 16.3. The van der Waals surface area contributed by atoms with Crippen LogP contribution in [0.3, 0.4) is 0 Å². The van der Waals surface area contributed by atoms with Crippen LogP contribution in [0, 0.1) is 0 Å². The lowest BCUT2D eigenvalue weighted by molar-refractivity contribution is 0.0946. The summed E-state index contributed by atoms with van der Waals surface area (Å²) in [5.74, 6) is -0.447. The van der Waals surface area contributed by atoms with E-state index in [-0.39, 0.29) is 17.4 Å². The van der Waals surface area contributed by atoms with Crippen molar-refractivity contribution in [2.45, 2.75) is 32.1 Å². The van der Waals surface area contributed by atoms with Gasteiger partial charge in [0, 0.05) is 6.54 Å². The predicted octanol–water partition coefficient (Wildman–Crippen LogP) is 3.20. The van der Waals surface area contributed by atoms with Crippen molar-refractivity contribution in [3.63, 3.8) is 0 Å². The summed E-state index contributed by atoms with van der Waals surface area (Å²) in [4.78, 5) is 12.2. The van der Waals surface area contributed by atoms with E-state index in [1.807, 2.05) is 30.3 Å². The van der Waals surface area contributed by atoms with Crippen molar-refractivity contribution in [3.8, 4) is 11.4 Å². The van der Waals surface area contributed by atoms with Crippen molar-refractivity contribution < 1.29 is 9.90 Å². The van der Waals surface area contributed by atoms with E-state index in [2.05, 4.69) is 16.5 Å². The first-order valence-electron chi connectivity index (χ1n) is 8.04. The number of nitrogens with one attached hydrogen (secondary N) is 1. The molecule has 0 atom stereocenters. The van der Waals surface area contributed by atoms with Gasteiger partial charge < -0.3 is 10.4 Å². The number of para-hydroxylation sites is 1. The Balaban J connectivity index is 1.61. The van der Waals surface area contributed by atoms with Gasteiger partial charge in [-0.25, -0.2) is 4.68 Å². The number of amides is 1. The van der Waals surface area contributed by atoms with Crippen LogP contribution in [0.15, 0.2) is 48.2 Å². The molecule has 5 nitrogen and oxygen atoms in total. The van der Waals surface area contributed by atoms with Gasteiger partial charge in [0.1, 0.15) is 0 Å². The molecule has 3 rings (SSSR count). The number of allylic oxidation sites excluding steroid dienone is 1. The molecule has 0 bridgehead atoms. The molecule has 0 saturated heterocycles. The molecule has 2 aromatic rings. The molecule has 5 heteroatoms. The van der Waals surface area contributed by atoms with Crippen molar-refractivity contribution in [1.82, 2.24) is 15.1 Å². The fraction of sp³-hybridized carbons (Fsp3) is 0.333. The highest BCUT2D eigenvalue weighted by Crippen LogP contribution is 2.20. The minimum atomic E-state index is -0.339. The number of aromatic hydroxyl groups is 1. The van der Waals surface area contributed by atoms with Crippen molar-refractivity contribution in [1.29, 1.82) is 0 Å². The minimum absolute atomic E-state index is 0.0616. The lowest BCUT2D eigenvalue weighted by atomic mass is 9.97. The Labute approximate surface area is 135 Å². The fourth-order valence-corrected chi connectivity index (χ4v) is 2.79. The SMILES string of the molecule is O=C(NCCC1=CCCCC1)c1nn(-c2ccccc2)cc1O. The average molecular weight is 311 g/mol. The molecule has 1 aliphatic carbocycles. The molecule has 1 aromatic carbocycles. The van der Waals surface area contributed by atoms with E-state index in [1.165, 1.54) is 29.3 Å². The van der Waals surface area contributed by atoms with Gasteiger partial charge in [0.15, 0.2) is 11.4 Å². The van der Waals surface area contributed by atoms with E-state index in [0.29, 0.717) is 6.54 Å². The topological polar surface area (TPSA) is 67.2 Å². The van der Waals surface area contributed by atoms with Gasteiger partial charge in [-0.05, 0) is 44.2 Å². The zero-order chi connectivity index (χ0) is 16.1. The van der Waals surface area contributed by atoms with E-state index in [0.717, 1.165) is 24.9 Å². The molecule has 1 amide bonds. The largest absolute Gasteiger partial charge is 0.504 e. The van der Waals surface area contributed by atoms with Crippen LogP contribution in [0.1, 0.15) is 42.6 Å². The number of aromatic nitrogens is 2. The number of hydrogen-bond donors (Lipinski definition) is 2. The van der Waals surface area contributed by atoms with E-state index < -0.39 is 0 Å². The third kappa shape index (κ3) is 3.80. The molecule has 1 aromatic heterocycles. The van der Waals surface area contributed by atoms with E-state index in [1.54, 1.807) is 0 Å². The molecule has 2 N–H and O–H groups in total. The van der Waals surface area contributed by atoms with Crippen molar-refractivity contribution in [3.05, 3.63) is 53.9 Å². The first-order valence-corrected chi connectivity index (χ1v) is 8.04. The lowest BCUT2D eigenvalue weighted by Crippen LogP contribution is -2.25. The zero-order valence-corrected chi connectivity index (χ0v) is 13.0. The summed E-state index contributed by atoms with van der Waals surface area (Å²) in [6.07, 6.45) is 9.37. The maximum Gasteiger partial charge on any atom is 0.275 e. The molecule has 1 aliphatic rings. The molecule has 120 valence electrons. The summed E-state index contributed by atoms with van der Waals surface area (Å²) in [6, 6.07) is 9.39. The molecule has 23 heavy (non-hydrogen) atoms. The number of rotatable bonds is 5. The van der Waals surface area contributed by atoms with Gasteiger partial charge in [0.05, 0.1) is 11.9 Å². The number of nitrogens with zero attached hydrogens (tertiary/aromatic N) is 2. The van der Waals surface area contributed by atoms with Crippen LogP contribution in [-0.4, -0.2) is 27.3 Å². The van der Waals surface area contributed by atoms with Crippen LogP contribution in [0.4, 0.5) is 0 Å². The van der Waals surface area contributed by atoms with Crippen molar-refractivity contribution in [2.75, 3.05) is 6.54 Å². The Morgan fingerprint density at radius 3 is 2.83 bits per heavy atom. The van der Waals surface area contributed by atoms with Gasteiger partial charge in [-0.1, -0.05) is 29.8 Å². The molecular formula is C18H21N3O2. The molecule has 1 heterocycles. The van der Waals surface area contributed by atoms with Crippen LogP contribution >= 0.6 is 0 Å². The molecule has 0 spiro atoms. The van der Waals surface area contributed by atoms with Gasteiger partial charge in [0.2, 0.25) is 0 Å². The van der Waals surface area contributed by atoms with Crippen LogP contribution in [0.25, 0.3) is 5.69 Å². The van der Waals surface area contributed by atoms with E-state index >= 15 is 0 Å².